The number of benzene rings is 2. The molecule has 0 aliphatic rings. The van der Waals surface area contributed by atoms with Gasteiger partial charge in [-0.25, -0.2) is 8.78 Å². The topological polar surface area (TPSA) is 44.9 Å². The van der Waals surface area contributed by atoms with Crippen molar-refractivity contribution in [3.63, 3.8) is 0 Å². The summed E-state index contributed by atoms with van der Waals surface area (Å²) in [5.41, 5.74) is 1.98. The van der Waals surface area contributed by atoms with Gasteiger partial charge in [-0.15, -0.1) is 0 Å². The van der Waals surface area contributed by atoms with Crippen molar-refractivity contribution in [2.45, 2.75) is 12.8 Å². The number of amides is 1. The molecule has 118 valence electrons. The van der Waals surface area contributed by atoms with Crippen molar-refractivity contribution in [3.8, 4) is 0 Å². The molecule has 2 aromatic carbocycles. The summed E-state index contributed by atoms with van der Waals surface area (Å²) in [4.78, 5) is 15.1. The van der Waals surface area contributed by atoms with Gasteiger partial charge in [0.05, 0.1) is 5.56 Å². The summed E-state index contributed by atoms with van der Waals surface area (Å²) in [5, 5.41) is 3.78. The number of carbonyl (C=O) groups is 1. The van der Waals surface area contributed by atoms with Crippen molar-refractivity contribution >= 4 is 16.8 Å². The fourth-order valence-electron chi connectivity index (χ4n) is 2.59. The van der Waals surface area contributed by atoms with Crippen LogP contribution in [0.3, 0.4) is 0 Å². The highest BCUT2D eigenvalue weighted by molar-refractivity contribution is 5.94. The van der Waals surface area contributed by atoms with Crippen LogP contribution in [0.15, 0.2) is 48.7 Å². The number of rotatable bonds is 5. The first-order valence-electron chi connectivity index (χ1n) is 7.44. The lowest BCUT2D eigenvalue weighted by molar-refractivity contribution is 0.0948. The molecule has 3 aromatic rings. The van der Waals surface area contributed by atoms with Gasteiger partial charge in [-0.3, -0.25) is 4.79 Å². The maximum Gasteiger partial charge on any atom is 0.254 e. The third kappa shape index (κ3) is 3.23. The fraction of sp³-hybridized carbons (Fsp3) is 0.167. The van der Waals surface area contributed by atoms with E-state index in [-0.39, 0.29) is 5.56 Å². The average molecular weight is 314 g/mol. The second-order valence-corrected chi connectivity index (χ2v) is 5.32. The molecule has 0 spiro atoms. The minimum Gasteiger partial charge on any atom is -0.361 e. The molecule has 0 saturated carbocycles. The number of aryl methyl sites for hydroxylation is 1. The van der Waals surface area contributed by atoms with Gasteiger partial charge in [0.15, 0.2) is 11.6 Å². The number of carbonyl (C=O) groups excluding carboxylic acids is 1. The molecule has 0 aliphatic heterocycles. The van der Waals surface area contributed by atoms with E-state index in [1.54, 1.807) is 0 Å². The Balaban J connectivity index is 1.55. The Bertz CT molecular complexity index is 842. The van der Waals surface area contributed by atoms with E-state index in [0.717, 1.165) is 23.4 Å². The molecule has 0 saturated heterocycles. The molecule has 2 N–H and O–H groups in total. The fourth-order valence-corrected chi connectivity index (χ4v) is 2.59. The first-order chi connectivity index (χ1) is 11.2. The number of para-hydroxylation sites is 1. The third-order valence-electron chi connectivity index (χ3n) is 3.78. The average Bonchev–Trinajstić information content (AvgIpc) is 2.97. The quantitative estimate of drug-likeness (QED) is 0.691. The lowest BCUT2D eigenvalue weighted by Gasteiger charge is -2.06. The highest BCUT2D eigenvalue weighted by Crippen LogP contribution is 2.18. The molecule has 3 rings (SSSR count). The van der Waals surface area contributed by atoms with Gasteiger partial charge in [-0.1, -0.05) is 24.3 Å². The van der Waals surface area contributed by atoms with Crippen molar-refractivity contribution < 1.29 is 13.6 Å². The lowest BCUT2D eigenvalue weighted by Crippen LogP contribution is -2.26. The molecule has 23 heavy (non-hydrogen) atoms. The highest BCUT2D eigenvalue weighted by Gasteiger charge is 2.14. The number of aromatic amines is 1. The van der Waals surface area contributed by atoms with Crippen LogP contribution in [-0.2, 0) is 6.42 Å². The van der Waals surface area contributed by atoms with Gasteiger partial charge in [0.2, 0.25) is 0 Å². The summed E-state index contributed by atoms with van der Waals surface area (Å²) in [7, 11) is 0. The van der Waals surface area contributed by atoms with Gasteiger partial charge in [0.1, 0.15) is 0 Å². The predicted molar refractivity (Wildman–Crippen MR) is 85.3 cm³/mol. The largest absolute Gasteiger partial charge is 0.361 e. The number of halogens is 2. The maximum absolute atomic E-state index is 13.5. The molecule has 5 heteroatoms. The number of aromatic nitrogens is 1. The van der Waals surface area contributed by atoms with Crippen molar-refractivity contribution in [1.82, 2.24) is 10.3 Å². The van der Waals surface area contributed by atoms with E-state index >= 15 is 0 Å². The number of hydrogen-bond acceptors (Lipinski definition) is 1. The van der Waals surface area contributed by atoms with Gasteiger partial charge >= 0.3 is 0 Å². The minimum absolute atomic E-state index is 0.267. The van der Waals surface area contributed by atoms with Gasteiger partial charge in [-0.05, 0) is 36.6 Å². The Morgan fingerprint density at radius 2 is 1.91 bits per heavy atom. The molecular weight excluding hydrogens is 298 g/mol. The van der Waals surface area contributed by atoms with Crippen LogP contribution in [0.4, 0.5) is 8.78 Å². The smallest absolute Gasteiger partial charge is 0.254 e. The SMILES string of the molecule is O=C(NCCCc1c[nH]c2ccccc12)c1cccc(F)c1F. The highest BCUT2D eigenvalue weighted by atomic mass is 19.2. The molecule has 0 aliphatic carbocycles. The maximum atomic E-state index is 13.5. The Morgan fingerprint density at radius 3 is 2.78 bits per heavy atom. The zero-order valence-corrected chi connectivity index (χ0v) is 12.4. The molecule has 1 heterocycles. The zero-order valence-electron chi connectivity index (χ0n) is 12.4. The second kappa shape index (κ2) is 6.60. The van der Waals surface area contributed by atoms with Crippen molar-refractivity contribution in [1.29, 1.82) is 0 Å². The minimum atomic E-state index is -1.11. The monoisotopic (exact) mass is 314 g/mol. The van der Waals surface area contributed by atoms with E-state index in [1.165, 1.54) is 17.7 Å². The molecule has 3 nitrogen and oxygen atoms in total. The first kappa shape index (κ1) is 15.2. The van der Waals surface area contributed by atoms with Crippen LogP contribution in [0.5, 0.6) is 0 Å². The van der Waals surface area contributed by atoms with Gasteiger partial charge in [0.25, 0.3) is 5.91 Å². The zero-order chi connectivity index (χ0) is 16.2. The summed E-state index contributed by atoms with van der Waals surface area (Å²) >= 11 is 0. The predicted octanol–water partition coefficient (Wildman–Crippen LogP) is 3.81. The molecule has 0 unspecified atom stereocenters. The van der Waals surface area contributed by atoms with Crippen LogP contribution in [0.25, 0.3) is 10.9 Å². The van der Waals surface area contributed by atoms with E-state index in [4.69, 9.17) is 0 Å². The number of fused-ring (bicyclic) bond motifs is 1. The van der Waals surface area contributed by atoms with Crippen LogP contribution >= 0.6 is 0 Å². The third-order valence-corrected chi connectivity index (χ3v) is 3.78. The van der Waals surface area contributed by atoms with Crippen LogP contribution in [0.2, 0.25) is 0 Å². The lowest BCUT2D eigenvalue weighted by atomic mass is 10.1. The molecule has 0 fully saturated rings. The van der Waals surface area contributed by atoms with E-state index in [1.807, 2.05) is 30.5 Å². The summed E-state index contributed by atoms with van der Waals surface area (Å²) in [6, 6.07) is 11.6. The van der Waals surface area contributed by atoms with Crippen LogP contribution in [0.1, 0.15) is 22.3 Å². The van der Waals surface area contributed by atoms with E-state index in [2.05, 4.69) is 10.3 Å². The van der Waals surface area contributed by atoms with Crippen LogP contribution in [0, 0.1) is 11.6 Å². The molecule has 0 radical (unpaired) electrons. The molecule has 0 bridgehead atoms. The van der Waals surface area contributed by atoms with Crippen molar-refractivity contribution in [3.05, 3.63) is 71.4 Å². The van der Waals surface area contributed by atoms with Gasteiger partial charge in [0, 0.05) is 23.6 Å². The second-order valence-electron chi connectivity index (χ2n) is 5.32. The summed E-state index contributed by atoms with van der Waals surface area (Å²) in [6.07, 6.45) is 3.46. The number of H-pyrrole nitrogens is 1. The number of hydrogen-bond donors (Lipinski definition) is 2. The van der Waals surface area contributed by atoms with E-state index in [9.17, 15) is 13.6 Å². The molecular formula is C18H16F2N2O. The summed E-state index contributed by atoms with van der Waals surface area (Å²) in [6.45, 7) is 0.397. The summed E-state index contributed by atoms with van der Waals surface area (Å²) in [5.74, 6) is -2.72. The van der Waals surface area contributed by atoms with Gasteiger partial charge < -0.3 is 10.3 Å². The first-order valence-corrected chi connectivity index (χ1v) is 7.44. The molecule has 1 aromatic heterocycles. The normalized spacial score (nSPS) is 10.9. The van der Waals surface area contributed by atoms with Crippen LogP contribution in [-0.4, -0.2) is 17.4 Å². The Labute approximate surface area is 132 Å². The van der Waals surface area contributed by atoms with E-state index in [0.29, 0.717) is 13.0 Å². The molecule has 1 amide bonds. The summed E-state index contributed by atoms with van der Waals surface area (Å²) < 4.78 is 26.6. The number of nitrogens with one attached hydrogen (secondary N) is 2. The Morgan fingerprint density at radius 1 is 1.09 bits per heavy atom. The van der Waals surface area contributed by atoms with Crippen molar-refractivity contribution in [2.75, 3.05) is 6.54 Å². The Kier molecular flexibility index (Phi) is 4.37. The van der Waals surface area contributed by atoms with Crippen LogP contribution < -0.4 is 5.32 Å². The van der Waals surface area contributed by atoms with Crippen molar-refractivity contribution in [2.24, 2.45) is 0 Å². The molecule has 0 atom stereocenters. The Hall–Kier alpha value is -2.69. The standard InChI is InChI=1S/C18H16F2N2O/c19-15-8-3-7-14(17(15)20)18(23)21-10-4-5-12-11-22-16-9-2-1-6-13(12)16/h1-3,6-9,11,22H,4-5,10H2,(H,21,23). The van der Waals surface area contributed by atoms with Gasteiger partial charge in [-0.2, -0.15) is 0 Å². The van der Waals surface area contributed by atoms with E-state index < -0.39 is 17.5 Å².